The summed E-state index contributed by atoms with van der Waals surface area (Å²) in [5.74, 6) is 2.35. The van der Waals surface area contributed by atoms with Crippen molar-refractivity contribution in [3.8, 4) is 11.4 Å². The largest absolute Gasteiger partial charge is 0.369 e. The van der Waals surface area contributed by atoms with Gasteiger partial charge >= 0.3 is 0 Å². The molecule has 0 amide bonds. The fraction of sp³-hybridized carbons (Fsp3) is 0.300. The van der Waals surface area contributed by atoms with Gasteiger partial charge in [-0.2, -0.15) is 5.10 Å². The zero-order chi connectivity index (χ0) is 18.6. The van der Waals surface area contributed by atoms with Gasteiger partial charge in [0.25, 0.3) is 0 Å². The Morgan fingerprint density at radius 2 is 1.70 bits per heavy atom. The van der Waals surface area contributed by atoms with Crippen molar-refractivity contribution in [2.24, 2.45) is 0 Å². The number of rotatable bonds is 5. The Morgan fingerprint density at radius 1 is 1.00 bits per heavy atom. The molecule has 140 valence electrons. The second-order valence-corrected chi connectivity index (χ2v) is 8.17. The number of thioether (sulfide) groups is 1. The van der Waals surface area contributed by atoms with Crippen molar-refractivity contribution in [2.45, 2.75) is 10.6 Å². The number of hydrogen-bond acceptors (Lipinski definition) is 5. The highest BCUT2D eigenvalue weighted by Crippen LogP contribution is 2.25. The summed E-state index contributed by atoms with van der Waals surface area (Å²) in [6.07, 6.45) is 0. The minimum Gasteiger partial charge on any atom is -0.369 e. The molecule has 1 saturated heterocycles. The van der Waals surface area contributed by atoms with Crippen LogP contribution in [0.2, 0.25) is 5.02 Å². The SMILES string of the molecule is CN1CCN(c2ccc(-c3n[nH]c(CSc4ccc(Cl)cc4)n3)cc2)CC1. The summed E-state index contributed by atoms with van der Waals surface area (Å²) >= 11 is 7.63. The van der Waals surface area contributed by atoms with E-state index in [4.69, 9.17) is 11.6 Å². The van der Waals surface area contributed by atoms with E-state index >= 15 is 0 Å². The normalized spacial score (nSPS) is 15.3. The Hall–Kier alpha value is -2.02. The number of aromatic nitrogens is 3. The lowest BCUT2D eigenvalue weighted by atomic mass is 10.1. The average molecular weight is 400 g/mol. The van der Waals surface area contributed by atoms with Crippen LogP contribution in [0.1, 0.15) is 5.82 Å². The maximum atomic E-state index is 5.92. The van der Waals surface area contributed by atoms with E-state index in [9.17, 15) is 0 Å². The predicted octanol–water partition coefficient (Wildman–Crippen LogP) is 4.17. The first-order chi connectivity index (χ1) is 13.2. The van der Waals surface area contributed by atoms with E-state index in [0.717, 1.165) is 59.1 Å². The molecule has 0 atom stereocenters. The zero-order valence-electron chi connectivity index (χ0n) is 15.2. The molecule has 2 aromatic carbocycles. The maximum absolute atomic E-state index is 5.92. The Bertz CT molecular complexity index is 870. The number of aromatic amines is 1. The van der Waals surface area contributed by atoms with Crippen LogP contribution in [-0.4, -0.2) is 53.3 Å². The molecular formula is C20H22ClN5S. The molecule has 0 spiro atoms. The number of halogens is 1. The van der Waals surface area contributed by atoms with Gasteiger partial charge < -0.3 is 9.80 Å². The summed E-state index contributed by atoms with van der Waals surface area (Å²) in [6, 6.07) is 16.4. The predicted molar refractivity (Wildman–Crippen MR) is 113 cm³/mol. The second-order valence-electron chi connectivity index (χ2n) is 6.69. The zero-order valence-corrected chi connectivity index (χ0v) is 16.8. The lowest BCUT2D eigenvalue weighted by molar-refractivity contribution is 0.313. The fourth-order valence-electron chi connectivity index (χ4n) is 3.06. The van der Waals surface area contributed by atoms with Gasteiger partial charge in [-0.15, -0.1) is 11.8 Å². The molecule has 5 nitrogen and oxygen atoms in total. The van der Waals surface area contributed by atoms with Crippen LogP contribution in [0.4, 0.5) is 5.69 Å². The van der Waals surface area contributed by atoms with E-state index in [2.05, 4.69) is 56.3 Å². The summed E-state index contributed by atoms with van der Waals surface area (Å²) in [4.78, 5) is 10.6. The first-order valence-corrected chi connectivity index (χ1v) is 10.4. The van der Waals surface area contributed by atoms with Crippen LogP contribution < -0.4 is 4.90 Å². The third-order valence-corrected chi connectivity index (χ3v) is 5.99. The third-order valence-electron chi connectivity index (χ3n) is 4.71. The van der Waals surface area contributed by atoms with Crippen molar-refractivity contribution < 1.29 is 0 Å². The molecule has 1 N–H and O–H groups in total. The molecule has 7 heteroatoms. The average Bonchev–Trinajstić information content (AvgIpc) is 3.17. The van der Waals surface area contributed by atoms with E-state index in [1.807, 2.05) is 24.3 Å². The number of H-pyrrole nitrogens is 1. The molecule has 1 fully saturated rings. The van der Waals surface area contributed by atoms with E-state index in [-0.39, 0.29) is 0 Å². The number of nitrogens with zero attached hydrogens (tertiary/aromatic N) is 4. The van der Waals surface area contributed by atoms with Crippen molar-refractivity contribution >= 4 is 29.1 Å². The van der Waals surface area contributed by atoms with Gasteiger partial charge in [0.05, 0.1) is 5.75 Å². The molecule has 0 aliphatic carbocycles. The van der Waals surface area contributed by atoms with Crippen LogP contribution in [0, 0.1) is 0 Å². The van der Waals surface area contributed by atoms with Crippen molar-refractivity contribution in [1.82, 2.24) is 20.1 Å². The maximum Gasteiger partial charge on any atom is 0.181 e. The minimum absolute atomic E-state index is 0.742. The lowest BCUT2D eigenvalue weighted by Crippen LogP contribution is -2.44. The molecule has 1 aromatic heterocycles. The molecular weight excluding hydrogens is 378 g/mol. The number of benzene rings is 2. The van der Waals surface area contributed by atoms with Crippen LogP contribution in [0.15, 0.2) is 53.4 Å². The monoisotopic (exact) mass is 399 g/mol. The molecule has 27 heavy (non-hydrogen) atoms. The topological polar surface area (TPSA) is 48.0 Å². The Labute approximate surface area is 168 Å². The number of nitrogens with one attached hydrogen (secondary N) is 1. The smallest absolute Gasteiger partial charge is 0.181 e. The van der Waals surface area contributed by atoms with Crippen LogP contribution in [0.3, 0.4) is 0 Å². The van der Waals surface area contributed by atoms with Crippen molar-refractivity contribution in [3.63, 3.8) is 0 Å². The van der Waals surface area contributed by atoms with Crippen molar-refractivity contribution in [3.05, 3.63) is 59.4 Å². The first kappa shape index (κ1) is 18.3. The summed E-state index contributed by atoms with van der Waals surface area (Å²) in [7, 11) is 2.17. The second kappa shape index (κ2) is 8.33. The van der Waals surface area contributed by atoms with Crippen LogP contribution in [0.5, 0.6) is 0 Å². The van der Waals surface area contributed by atoms with Gasteiger partial charge in [-0.3, -0.25) is 5.10 Å². The van der Waals surface area contributed by atoms with Gasteiger partial charge in [-0.05, 0) is 55.6 Å². The molecule has 3 aromatic rings. The summed E-state index contributed by atoms with van der Waals surface area (Å²) in [5, 5.41) is 8.17. The van der Waals surface area contributed by atoms with Crippen LogP contribution >= 0.6 is 23.4 Å². The Morgan fingerprint density at radius 3 is 2.41 bits per heavy atom. The van der Waals surface area contributed by atoms with E-state index < -0.39 is 0 Å². The Balaban J connectivity index is 1.38. The highest BCUT2D eigenvalue weighted by Gasteiger charge is 2.14. The fourth-order valence-corrected chi connectivity index (χ4v) is 3.94. The van der Waals surface area contributed by atoms with Gasteiger partial charge in [-0.25, -0.2) is 4.98 Å². The number of piperazine rings is 1. The molecule has 0 radical (unpaired) electrons. The number of hydrogen-bond donors (Lipinski definition) is 1. The van der Waals surface area contributed by atoms with Gasteiger partial charge in [0, 0.05) is 47.3 Å². The molecule has 4 rings (SSSR count). The molecule has 0 unspecified atom stereocenters. The minimum atomic E-state index is 0.742. The third kappa shape index (κ3) is 4.64. The van der Waals surface area contributed by atoms with E-state index in [1.54, 1.807) is 11.8 Å². The summed E-state index contributed by atoms with van der Waals surface area (Å²) < 4.78 is 0. The first-order valence-electron chi connectivity index (χ1n) is 9.01. The van der Waals surface area contributed by atoms with Crippen molar-refractivity contribution in [2.75, 3.05) is 38.1 Å². The van der Waals surface area contributed by atoms with Crippen LogP contribution in [-0.2, 0) is 5.75 Å². The van der Waals surface area contributed by atoms with E-state index in [1.165, 1.54) is 5.69 Å². The molecule has 1 aliphatic rings. The van der Waals surface area contributed by atoms with Crippen molar-refractivity contribution in [1.29, 1.82) is 0 Å². The highest BCUT2D eigenvalue weighted by atomic mass is 35.5. The molecule has 0 saturated carbocycles. The molecule has 1 aliphatic heterocycles. The van der Waals surface area contributed by atoms with Crippen LogP contribution in [0.25, 0.3) is 11.4 Å². The van der Waals surface area contributed by atoms with Gasteiger partial charge in [0.2, 0.25) is 0 Å². The van der Waals surface area contributed by atoms with Gasteiger partial charge in [0.1, 0.15) is 5.82 Å². The Kier molecular flexibility index (Phi) is 5.66. The molecule has 0 bridgehead atoms. The number of anilines is 1. The van der Waals surface area contributed by atoms with Gasteiger partial charge in [0.15, 0.2) is 5.82 Å². The highest BCUT2D eigenvalue weighted by molar-refractivity contribution is 7.98. The molecule has 2 heterocycles. The van der Waals surface area contributed by atoms with E-state index in [0.29, 0.717) is 0 Å². The summed E-state index contributed by atoms with van der Waals surface area (Å²) in [6.45, 7) is 4.36. The summed E-state index contributed by atoms with van der Waals surface area (Å²) in [5.41, 5.74) is 2.30. The lowest BCUT2D eigenvalue weighted by Gasteiger charge is -2.34. The standard InChI is InChI=1S/C20H22ClN5S/c1-25-10-12-26(13-11-25)17-6-2-15(3-7-17)20-22-19(23-24-20)14-27-18-8-4-16(21)5-9-18/h2-9H,10-14H2,1H3,(H,22,23,24). The van der Waals surface area contributed by atoms with Gasteiger partial charge in [-0.1, -0.05) is 11.6 Å². The quantitative estimate of drug-likeness (QED) is 0.652. The number of likely N-dealkylation sites (N-methyl/N-ethyl adjacent to an activating group) is 1.